The molecule has 1 aromatic carbocycles. The van der Waals surface area contributed by atoms with Crippen molar-refractivity contribution in [2.75, 3.05) is 20.8 Å². The van der Waals surface area contributed by atoms with Crippen LogP contribution in [0.2, 0.25) is 0 Å². The Morgan fingerprint density at radius 3 is 2.53 bits per heavy atom. The quantitative estimate of drug-likeness (QED) is 0.767. The van der Waals surface area contributed by atoms with Gasteiger partial charge in [0.05, 0.1) is 13.7 Å². The minimum atomic E-state index is 0.318. The maximum absolute atomic E-state index is 5.77. The van der Waals surface area contributed by atoms with Crippen molar-refractivity contribution in [1.82, 2.24) is 5.32 Å². The molecule has 0 unspecified atom stereocenters. The topological polar surface area (TPSA) is 30.5 Å². The second kappa shape index (κ2) is 7.51. The zero-order valence-electron chi connectivity index (χ0n) is 12.9. The lowest BCUT2D eigenvalue weighted by atomic mass is 9.93. The van der Waals surface area contributed by atoms with Crippen LogP contribution in [0.4, 0.5) is 0 Å². The van der Waals surface area contributed by atoms with Crippen LogP contribution < -0.4 is 10.1 Å². The van der Waals surface area contributed by atoms with E-state index >= 15 is 0 Å². The third kappa shape index (κ3) is 6.08. The van der Waals surface area contributed by atoms with Crippen molar-refractivity contribution < 1.29 is 9.47 Å². The van der Waals surface area contributed by atoms with E-state index in [0.717, 1.165) is 30.9 Å². The summed E-state index contributed by atoms with van der Waals surface area (Å²) in [6.45, 7) is 8.93. The first kappa shape index (κ1) is 16.0. The number of benzene rings is 1. The van der Waals surface area contributed by atoms with E-state index in [0.29, 0.717) is 12.0 Å². The molecule has 0 fully saturated rings. The largest absolute Gasteiger partial charge is 0.496 e. The summed E-state index contributed by atoms with van der Waals surface area (Å²) in [5.74, 6) is 0.899. The maximum atomic E-state index is 5.77. The number of methoxy groups -OCH3 is 1. The van der Waals surface area contributed by atoms with Gasteiger partial charge in [-0.1, -0.05) is 26.8 Å². The van der Waals surface area contributed by atoms with Crippen LogP contribution in [0, 0.1) is 5.41 Å². The third-order valence-corrected chi connectivity index (χ3v) is 2.98. The third-order valence-electron chi connectivity index (χ3n) is 2.98. The van der Waals surface area contributed by atoms with Crippen LogP contribution in [0.15, 0.2) is 18.2 Å². The van der Waals surface area contributed by atoms with Crippen molar-refractivity contribution in [2.45, 2.75) is 40.3 Å². The van der Waals surface area contributed by atoms with E-state index in [4.69, 9.17) is 9.47 Å². The second-order valence-corrected chi connectivity index (χ2v) is 6.04. The Hall–Kier alpha value is -1.06. The zero-order chi connectivity index (χ0) is 14.3. The lowest BCUT2D eigenvalue weighted by molar-refractivity contribution is 0.0947. The molecule has 19 heavy (non-hydrogen) atoms. The van der Waals surface area contributed by atoms with Gasteiger partial charge in [0.15, 0.2) is 0 Å². The highest BCUT2D eigenvalue weighted by molar-refractivity contribution is 5.36. The van der Waals surface area contributed by atoms with Crippen LogP contribution in [0.1, 0.15) is 38.3 Å². The SMILES string of the molecule is CNCc1ccc(OC)c(COCCC(C)(C)C)c1. The van der Waals surface area contributed by atoms with Gasteiger partial charge in [-0.2, -0.15) is 0 Å². The summed E-state index contributed by atoms with van der Waals surface area (Å²) in [5.41, 5.74) is 2.68. The molecule has 0 saturated carbocycles. The van der Waals surface area contributed by atoms with Crippen molar-refractivity contribution in [3.63, 3.8) is 0 Å². The van der Waals surface area contributed by atoms with Gasteiger partial charge in [-0.05, 0) is 36.6 Å². The molecule has 3 nitrogen and oxygen atoms in total. The van der Waals surface area contributed by atoms with Crippen LogP contribution in [0.5, 0.6) is 5.75 Å². The molecule has 0 spiro atoms. The minimum Gasteiger partial charge on any atom is -0.496 e. The Labute approximate surface area is 117 Å². The molecular formula is C16H27NO2. The monoisotopic (exact) mass is 265 g/mol. The Morgan fingerprint density at radius 2 is 1.95 bits per heavy atom. The van der Waals surface area contributed by atoms with Crippen molar-refractivity contribution in [3.05, 3.63) is 29.3 Å². The van der Waals surface area contributed by atoms with Gasteiger partial charge in [-0.15, -0.1) is 0 Å². The van der Waals surface area contributed by atoms with E-state index in [1.165, 1.54) is 5.56 Å². The summed E-state index contributed by atoms with van der Waals surface area (Å²) in [6.07, 6.45) is 1.06. The van der Waals surface area contributed by atoms with E-state index in [-0.39, 0.29) is 0 Å². The Morgan fingerprint density at radius 1 is 1.21 bits per heavy atom. The van der Waals surface area contributed by atoms with Crippen molar-refractivity contribution in [1.29, 1.82) is 0 Å². The molecule has 0 aliphatic carbocycles. The zero-order valence-corrected chi connectivity index (χ0v) is 12.9. The molecule has 0 bridgehead atoms. The van der Waals surface area contributed by atoms with Crippen molar-refractivity contribution in [2.24, 2.45) is 5.41 Å². The molecule has 0 radical (unpaired) electrons. The Bertz CT molecular complexity index is 383. The van der Waals surface area contributed by atoms with Gasteiger partial charge in [-0.3, -0.25) is 0 Å². The van der Waals surface area contributed by atoms with Crippen LogP contribution in [-0.4, -0.2) is 20.8 Å². The number of rotatable bonds is 7. The predicted molar refractivity (Wildman–Crippen MR) is 79.5 cm³/mol. The minimum absolute atomic E-state index is 0.318. The number of hydrogen-bond acceptors (Lipinski definition) is 3. The van der Waals surface area contributed by atoms with E-state index in [1.807, 2.05) is 13.1 Å². The molecule has 0 amide bonds. The van der Waals surface area contributed by atoms with Gasteiger partial charge in [-0.25, -0.2) is 0 Å². The van der Waals surface area contributed by atoms with Gasteiger partial charge < -0.3 is 14.8 Å². The number of nitrogens with one attached hydrogen (secondary N) is 1. The number of hydrogen-bond donors (Lipinski definition) is 1. The average molecular weight is 265 g/mol. The average Bonchev–Trinajstić information content (AvgIpc) is 2.34. The summed E-state index contributed by atoms with van der Waals surface area (Å²) < 4.78 is 11.1. The highest BCUT2D eigenvalue weighted by Crippen LogP contribution is 2.22. The lowest BCUT2D eigenvalue weighted by Gasteiger charge is -2.18. The smallest absolute Gasteiger partial charge is 0.124 e. The Balaban J connectivity index is 2.57. The molecule has 3 heteroatoms. The fourth-order valence-electron chi connectivity index (χ4n) is 1.82. The molecule has 0 heterocycles. The fraction of sp³-hybridized carbons (Fsp3) is 0.625. The first-order chi connectivity index (χ1) is 8.96. The lowest BCUT2D eigenvalue weighted by Crippen LogP contribution is -2.10. The van der Waals surface area contributed by atoms with Crippen LogP contribution in [0.25, 0.3) is 0 Å². The molecule has 0 aliphatic heterocycles. The summed E-state index contributed by atoms with van der Waals surface area (Å²) in [7, 11) is 3.65. The van der Waals surface area contributed by atoms with E-state index < -0.39 is 0 Å². The predicted octanol–water partition coefficient (Wildman–Crippen LogP) is 3.37. The van der Waals surface area contributed by atoms with E-state index in [9.17, 15) is 0 Å². The summed E-state index contributed by atoms with van der Waals surface area (Å²) in [6, 6.07) is 6.23. The molecular weight excluding hydrogens is 238 g/mol. The molecule has 1 N–H and O–H groups in total. The molecule has 0 atom stereocenters. The van der Waals surface area contributed by atoms with Gasteiger partial charge in [0.1, 0.15) is 5.75 Å². The molecule has 0 aromatic heterocycles. The second-order valence-electron chi connectivity index (χ2n) is 6.04. The van der Waals surface area contributed by atoms with Crippen LogP contribution >= 0.6 is 0 Å². The van der Waals surface area contributed by atoms with Crippen LogP contribution in [-0.2, 0) is 17.9 Å². The fourth-order valence-corrected chi connectivity index (χ4v) is 1.82. The summed E-state index contributed by atoms with van der Waals surface area (Å²) >= 11 is 0. The first-order valence-corrected chi connectivity index (χ1v) is 6.84. The molecule has 108 valence electrons. The van der Waals surface area contributed by atoms with E-state index in [1.54, 1.807) is 7.11 Å². The van der Waals surface area contributed by atoms with E-state index in [2.05, 4.69) is 38.2 Å². The van der Waals surface area contributed by atoms with Crippen molar-refractivity contribution >= 4 is 0 Å². The molecule has 1 aromatic rings. The molecule has 0 saturated heterocycles. The normalized spacial score (nSPS) is 11.6. The molecule has 1 rings (SSSR count). The van der Waals surface area contributed by atoms with Gasteiger partial charge in [0.2, 0.25) is 0 Å². The standard InChI is InChI=1S/C16H27NO2/c1-16(2,3)8-9-19-12-14-10-13(11-17-4)6-7-15(14)18-5/h6-7,10,17H,8-9,11-12H2,1-5H3. The van der Waals surface area contributed by atoms with Gasteiger partial charge >= 0.3 is 0 Å². The Kier molecular flexibility index (Phi) is 6.32. The van der Waals surface area contributed by atoms with Gasteiger partial charge in [0, 0.05) is 18.7 Å². The highest BCUT2D eigenvalue weighted by Gasteiger charge is 2.10. The van der Waals surface area contributed by atoms with Gasteiger partial charge in [0.25, 0.3) is 0 Å². The van der Waals surface area contributed by atoms with Crippen molar-refractivity contribution in [3.8, 4) is 5.75 Å². The summed E-state index contributed by atoms with van der Waals surface area (Å²) in [5, 5.41) is 3.15. The van der Waals surface area contributed by atoms with Crippen LogP contribution in [0.3, 0.4) is 0 Å². The number of ether oxygens (including phenoxy) is 2. The maximum Gasteiger partial charge on any atom is 0.124 e. The summed E-state index contributed by atoms with van der Waals surface area (Å²) in [4.78, 5) is 0. The molecule has 0 aliphatic rings. The first-order valence-electron chi connectivity index (χ1n) is 6.84. The highest BCUT2D eigenvalue weighted by atomic mass is 16.5.